The van der Waals surface area contributed by atoms with Crippen molar-refractivity contribution < 1.29 is 9.84 Å². The van der Waals surface area contributed by atoms with Crippen molar-refractivity contribution in [2.75, 3.05) is 7.11 Å². The van der Waals surface area contributed by atoms with Gasteiger partial charge < -0.3 is 9.84 Å². The number of hydrogen-bond donors (Lipinski definition) is 1. The minimum Gasteiger partial charge on any atom is -0.497 e. The molecule has 0 aromatic heterocycles. The van der Waals surface area contributed by atoms with Crippen LogP contribution in [0.15, 0.2) is 36.4 Å². The summed E-state index contributed by atoms with van der Waals surface area (Å²) in [6.45, 7) is 0. The molecule has 2 nitrogen and oxygen atoms in total. The quantitative estimate of drug-likeness (QED) is 0.724. The van der Waals surface area contributed by atoms with Gasteiger partial charge in [-0.05, 0) is 24.1 Å². The van der Waals surface area contributed by atoms with Crippen LogP contribution in [0.25, 0.3) is 0 Å². The average molecular weight is 190 g/mol. The van der Waals surface area contributed by atoms with Crippen LogP contribution in [0.2, 0.25) is 0 Å². The number of rotatable bonds is 2. The number of aliphatic hydroxyl groups is 1. The molecule has 0 saturated heterocycles. The van der Waals surface area contributed by atoms with E-state index in [4.69, 9.17) is 4.74 Å². The fraction of sp³-hybridized carbons (Fsp3) is 0.333. The second-order valence-corrected chi connectivity index (χ2v) is 3.57. The Hall–Kier alpha value is -1.28. The molecular formula is C12H14O2. The maximum absolute atomic E-state index is 9.35. The fourth-order valence-electron chi connectivity index (χ4n) is 1.78. The molecule has 2 unspecified atom stereocenters. The minimum atomic E-state index is -0.276. The topological polar surface area (TPSA) is 29.5 Å². The average Bonchev–Trinajstić information content (AvgIpc) is 2.65. The number of benzene rings is 1. The van der Waals surface area contributed by atoms with Gasteiger partial charge in [-0.15, -0.1) is 0 Å². The molecule has 1 aromatic carbocycles. The predicted molar refractivity (Wildman–Crippen MR) is 55.5 cm³/mol. The molecule has 2 heteroatoms. The van der Waals surface area contributed by atoms with E-state index in [9.17, 15) is 5.11 Å². The Morgan fingerprint density at radius 1 is 1.21 bits per heavy atom. The zero-order chi connectivity index (χ0) is 9.97. The second-order valence-electron chi connectivity index (χ2n) is 3.57. The molecule has 2 rings (SSSR count). The summed E-state index contributed by atoms with van der Waals surface area (Å²) in [4.78, 5) is 0. The first-order valence-electron chi connectivity index (χ1n) is 4.80. The van der Waals surface area contributed by atoms with Gasteiger partial charge in [0, 0.05) is 5.92 Å². The molecule has 1 N–H and O–H groups in total. The summed E-state index contributed by atoms with van der Waals surface area (Å²) in [5, 5.41) is 9.35. The molecule has 1 aliphatic carbocycles. The molecule has 0 saturated carbocycles. The third-order valence-corrected chi connectivity index (χ3v) is 2.60. The predicted octanol–water partition coefficient (Wildman–Crippen LogP) is 2.10. The Bertz CT molecular complexity index is 327. The Balaban J connectivity index is 2.14. The van der Waals surface area contributed by atoms with Gasteiger partial charge in [0.05, 0.1) is 13.2 Å². The van der Waals surface area contributed by atoms with E-state index in [1.54, 1.807) is 7.11 Å². The van der Waals surface area contributed by atoms with Gasteiger partial charge in [-0.2, -0.15) is 0 Å². The Labute approximate surface area is 83.8 Å². The number of hydrogen-bond acceptors (Lipinski definition) is 2. The molecule has 2 atom stereocenters. The van der Waals surface area contributed by atoms with E-state index in [2.05, 4.69) is 6.08 Å². The lowest BCUT2D eigenvalue weighted by molar-refractivity contribution is 0.218. The molecule has 0 heterocycles. The van der Waals surface area contributed by atoms with Crippen LogP contribution in [0.5, 0.6) is 5.75 Å². The van der Waals surface area contributed by atoms with E-state index in [1.165, 1.54) is 5.56 Å². The van der Waals surface area contributed by atoms with Crippen molar-refractivity contribution in [2.45, 2.75) is 18.4 Å². The molecule has 0 bridgehead atoms. The highest BCUT2D eigenvalue weighted by molar-refractivity contribution is 5.33. The van der Waals surface area contributed by atoms with Crippen LogP contribution in [0.4, 0.5) is 0 Å². The van der Waals surface area contributed by atoms with E-state index in [0.717, 1.165) is 12.2 Å². The normalized spacial score (nSPS) is 25.3. The third-order valence-electron chi connectivity index (χ3n) is 2.60. The van der Waals surface area contributed by atoms with Gasteiger partial charge in [0.25, 0.3) is 0 Å². The van der Waals surface area contributed by atoms with Gasteiger partial charge in [0.1, 0.15) is 5.75 Å². The number of allylic oxidation sites excluding steroid dienone is 1. The highest BCUT2D eigenvalue weighted by atomic mass is 16.5. The van der Waals surface area contributed by atoms with Crippen molar-refractivity contribution in [2.24, 2.45) is 0 Å². The maximum atomic E-state index is 9.35. The molecule has 0 radical (unpaired) electrons. The first-order valence-corrected chi connectivity index (χ1v) is 4.80. The van der Waals surface area contributed by atoms with Crippen LogP contribution in [-0.2, 0) is 0 Å². The fourth-order valence-corrected chi connectivity index (χ4v) is 1.78. The second kappa shape index (κ2) is 3.84. The zero-order valence-corrected chi connectivity index (χ0v) is 8.18. The van der Waals surface area contributed by atoms with Crippen LogP contribution in [0, 0.1) is 0 Å². The highest BCUT2D eigenvalue weighted by Crippen LogP contribution is 2.29. The Morgan fingerprint density at radius 2 is 1.93 bits per heavy atom. The van der Waals surface area contributed by atoms with E-state index >= 15 is 0 Å². The molecule has 1 aliphatic rings. The lowest BCUT2D eigenvalue weighted by Crippen LogP contribution is -2.00. The van der Waals surface area contributed by atoms with Crippen molar-refractivity contribution in [3.8, 4) is 5.75 Å². The van der Waals surface area contributed by atoms with E-state index in [0.29, 0.717) is 5.92 Å². The van der Waals surface area contributed by atoms with Gasteiger partial charge in [0.15, 0.2) is 0 Å². The summed E-state index contributed by atoms with van der Waals surface area (Å²) in [5.41, 5.74) is 1.23. The maximum Gasteiger partial charge on any atom is 0.118 e. The molecule has 14 heavy (non-hydrogen) atoms. The number of methoxy groups -OCH3 is 1. The summed E-state index contributed by atoms with van der Waals surface area (Å²) < 4.78 is 5.09. The smallest absolute Gasteiger partial charge is 0.118 e. The number of aliphatic hydroxyl groups excluding tert-OH is 1. The summed E-state index contributed by atoms with van der Waals surface area (Å²) >= 11 is 0. The first kappa shape index (κ1) is 9.28. The monoisotopic (exact) mass is 190 g/mol. The van der Waals surface area contributed by atoms with E-state index in [-0.39, 0.29) is 6.10 Å². The summed E-state index contributed by atoms with van der Waals surface area (Å²) in [6, 6.07) is 8.00. The van der Waals surface area contributed by atoms with Gasteiger partial charge in [-0.1, -0.05) is 24.3 Å². The van der Waals surface area contributed by atoms with Gasteiger partial charge in [-0.3, -0.25) is 0 Å². The summed E-state index contributed by atoms with van der Waals surface area (Å²) in [5.74, 6) is 1.23. The van der Waals surface area contributed by atoms with E-state index in [1.807, 2.05) is 30.3 Å². The molecule has 0 spiro atoms. The highest BCUT2D eigenvalue weighted by Gasteiger charge is 2.17. The summed E-state index contributed by atoms with van der Waals surface area (Å²) in [7, 11) is 1.66. The number of ether oxygens (including phenoxy) is 1. The van der Waals surface area contributed by atoms with Gasteiger partial charge in [0.2, 0.25) is 0 Å². The molecule has 74 valence electrons. The van der Waals surface area contributed by atoms with Crippen molar-refractivity contribution in [3.05, 3.63) is 42.0 Å². The molecule has 1 aromatic rings. The lowest BCUT2D eigenvalue weighted by Gasteiger charge is -2.09. The Kier molecular flexibility index (Phi) is 2.55. The van der Waals surface area contributed by atoms with Crippen molar-refractivity contribution in [3.63, 3.8) is 0 Å². The van der Waals surface area contributed by atoms with E-state index < -0.39 is 0 Å². The largest absolute Gasteiger partial charge is 0.497 e. The van der Waals surface area contributed by atoms with Gasteiger partial charge in [-0.25, -0.2) is 0 Å². The van der Waals surface area contributed by atoms with Crippen LogP contribution in [-0.4, -0.2) is 18.3 Å². The SMILES string of the molecule is COc1ccc(C2C=CC(O)C2)cc1. The van der Waals surface area contributed by atoms with Crippen LogP contribution in [0.1, 0.15) is 17.9 Å². The van der Waals surface area contributed by atoms with Crippen LogP contribution in [0.3, 0.4) is 0 Å². The standard InChI is InChI=1S/C12H14O2/c1-14-12-6-3-9(4-7-12)10-2-5-11(13)8-10/h2-7,10-11,13H,8H2,1H3. The van der Waals surface area contributed by atoms with Crippen molar-refractivity contribution in [1.29, 1.82) is 0 Å². The van der Waals surface area contributed by atoms with Crippen molar-refractivity contribution >= 4 is 0 Å². The molecule has 0 aliphatic heterocycles. The van der Waals surface area contributed by atoms with Gasteiger partial charge >= 0.3 is 0 Å². The lowest BCUT2D eigenvalue weighted by atomic mass is 9.98. The minimum absolute atomic E-state index is 0.276. The molecular weight excluding hydrogens is 176 g/mol. The third kappa shape index (κ3) is 1.80. The first-order chi connectivity index (χ1) is 6.79. The molecule has 0 amide bonds. The summed E-state index contributed by atoms with van der Waals surface area (Å²) in [6.07, 6.45) is 4.44. The molecule has 0 fully saturated rings. The van der Waals surface area contributed by atoms with Crippen molar-refractivity contribution in [1.82, 2.24) is 0 Å². The zero-order valence-electron chi connectivity index (χ0n) is 8.18. The van der Waals surface area contributed by atoms with Crippen LogP contribution < -0.4 is 4.74 Å². The Morgan fingerprint density at radius 3 is 2.43 bits per heavy atom. The van der Waals surface area contributed by atoms with Crippen LogP contribution >= 0.6 is 0 Å².